The lowest BCUT2D eigenvalue weighted by Gasteiger charge is -2.11. The van der Waals surface area contributed by atoms with Gasteiger partial charge in [0.05, 0.1) is 17.3 Å². The molecule has 5 heteroatoms. The average molecular weight is 280 g/mol. The SMILES string of the molecule is CNCc1ccccc1OCCn1cc(Cl)c(C)n1. The Kier molecular flexibility index (Phi) is 4.82. The first-order chi connectivity index (χ1) is 9.20. The van der Waals surface area contributed by atoms with Crippen molar-refractivity contribution in [2.24, 2.45) is 0 Å². The van der Waals surface area contributed by atoms with E-state index in [1.165, 1.54) is 0 Å². The molecule has 19 heavy (non-hydrogen) atoms. The summed E-state index contributed by atoms with van der Waals surface area (Å²) in [5.74, 6) is 0.909. The topological polar surface area (TPSA) is 39.1 Å². The third kappa shape index (κ3) is 3.72. The average Bonchev–Trinajstić information content (AvgIpc) is 2.71. The number of nitrogens with one attached hydrogen (secondary N) is 1. The van der Waals surface area contributed by atoms with Crippen molar-refractivity contribution in [1.29, 1.82) is 0 Å². The Morgan fingerprint density at radius 1 is 1.37 bits per heavy atom. The zero-order valence-corrected chi connectivity index (χ0v) is 11.9. The number of hydrogen-bond donors (Lipinski definition) is 1. The summed E-state index contributed by atoms with van der Waals surface area (Å²) in [5.41, 5.74) is 2.00. The lowest BCUT2D eigenvalue weighted by Crippen LogP contribution is -2.11. The van der Waals surface area contributed by atoms with Gasteiger partial charge in [-0.1, -0.05) is 29.8 Å². The normalized spacial score (nSPS) is 10.7. The molecule has 0 saturated heterocycles. The third-order valence-electron chi connectivity index (χ3n) is 2.80. The first-order valence-corrected chi connectivity index (χ1v) is 6.63. The largest absolute Gasteiger partial charge is 0.491 e. The van der Waals surface area contributed by atoms with E-state index in [4.69, 9.17) is 16.3 Å². The Morgan fingerprint density at radius 3 is 2.84 bits per heavy atom. The van der Waals surface area contributed by atoms with Crippen molar-refractivity contribution in [2.75, 3.05) is 13.7 Å². The summed E-state index contributed by atoms with van der Waals surface area (Å²) in [4.78, 5) is 0. The van der Waals surface area contributed by atoms with Gasteiger partial charge in [-0.2, -0.15) is 5.10 Å². The molecule has 0 amide bonds. The summed E-state index contributed by atoms with van der Waals surface area (Å²) < 4.78 is 7.60. The smallest absolute Gasteiger partial charge is 0.123 e. The Bertz CT molecular complexity index is 520. The quantitative estimate of drug-likeness (QED) is 0.884. The Balaban J connectivity index is 1.92. The fraction of sp³-hybridized carbons (Fsp3) is 0.357. The van der Waals surface area contributed by atoms with Gasteiger partial charge in [-0.3, -0.25) is 4.68 Å². The Hall–Kier alpha value is -1.52. The second-order valence-corrected chi connectivity index (χ2v) is 4.72. The van der Waals surface area contributed by atoms with E-state index in [1.54, 1.807) is 4.68 Å². The van der Waals surface area contributed by atoms with Crippen LogP contribution in [0.1, 0.15) is 11.3 Å². The van der Waals surface area contributed by atoms with Gasteiger partial charge >= 0.3 is 0 Å². The van der Waals surface area contributed by atoms with Crippen LogP contribution < -0.4 is 10.1 Å². The van der Waals surface area contributed by atoms with Gasteiger partial charge in [-0.15, -0.1) is 0 Å². The van der Waals surface area contributed by atoms with E-state index < -0.39 is 0 Å². The zero-order chi connectivity index (χ0) is 13.7. The summed E-state index contributed by atoms with van der Waals surface area (Å²) >= 11 is 5.96. The van der Waals surface area contributed by atoms with Crippen LogP contribution in [0.4, 0.5) is 0 Å². The van der Waals surface area contributed by atoms with Crippen molar-refractivity contribution in [3.8, 4) is 5.75 Å². The van der Waals surface area contributed by atoms with Crippen LogP contribution in [0.5, 0.6) is 5.75 Å². The zero-order valence-electron chi connectivity index (χ0n) is 11.2. The molecule has 1 aromatic heterocycles. The highest BCUT2D eigenvalue weighted by molar-refractivity contribution is 6.31. The highest BCUT2D eigenvalue weighted by Crippen LogP contribution is 2.18. The monoisotopic (exact) mass is 279 g/mol. The number of nitrogens with zero attached hydrogens (tertiary/aromatic N) is 2. The molecule has 4 nitrogen and oxygen atoms in total. The van der Waals surface area contributed by atoms with E-state index >= 15 is 0 Å². The van der Waals surface area contributed by atoms with Gasteiger partial charge in [0.2, 0.25) is 0 Å². The molecular weight excluding hydrogens is 262 g/mol. The van der Waals surface area contributed by atoms with Crippen LogP contribution >= 0.6 is 11.6 Å². The van der Waals surface area contributed by atoms with Crippen molar-refractivity contribution in [1.82, 2.24) is 15.1 Å². The molecule has 0 aliphatic rings. The molecule has 0 saturated carbocycles. The molecule has 1 N–H and O–H groups in total. The maximum Gasteiger partial charge on any atom is 0.123 e. The van der Waals surface area contributed by atoms with E-state index in [1.807, 2.05) is 38.4 Å². The highest BCUT2D eigenvalue weighted by atomic mass is 35.5. The van der Waals surface area contributed by atoms with Gasteiger partial charge in [0.15, 0.2) is 0 Å². The van der Waals surface area contributed by atoms with Crippen LogP contribution in [0.2, 0.25) is 5.02 Å². The molecule has 1 aromatic carbocycles. The standard InChI is InChI=1S/C14H18ClN3O/c1-11-13(15)10-18(17-11)7-8-19-14-6-4-3-5-12(14)9-16-2/h3-6,10,16H,7-9H2,1-2H3. The van der Waals surface area contributed by atoms with Gasteiger partial charge in [0.25, 0.3) is 0 Å². The Labute approximate surface area is 118 Å². The summed E-state index contributed by atoms with van der Waals surface area (Å²) in [6.45, 7) is 3.93. The number of hydrogen-bond acceptors (Lipinski definition) is 3. The van der Waals surface area contributed by atoms with Gasteiger partial charge in [0.1, 0.15) is 12.4 Å². The number of para-hydroxylation sites is 1. The second kappa shape index (κ2) is 6.59. The van der Waals surface area contributed by atoms with Crippen molar-refractivity contribution >= 4 is 11.6 Å². The molecule has 0 atom stereocenters. The molecule has 0 fully saturated rings. The lowest BCUT2D eigenvalue weighted by molar-refractivity contribution is 0.288. The molecule has 2 rings (SSSR count). The van der Waals surface area contributed by atoms with Crippen molar-refractivity contribution in [3.63, 3.8) is 0 Å². The first kappa shape index (κ1) is 13.9. The molecule has 0 spiro atoms. The van der Waals surface area contributed by atoms with Gasteiger partial charge in [-0.25, -0.2) is 0 Å². The second-order valence-electron chi connectivity index (χ2n) is 4.31. The van der Waals surface area contributed by atoms with Crippen LogP contribution in [0.25, 0.3) is 0 Å². The van der Waals surface area contributed by atoms with E-state index in [-0.39, 0.29) is 0 Å². The number of rotatable bonds is 6. The van der Waals surface area contributed by atoms with E-state index in [0.717, 1.165) is 23.6 Å². The third-order valence-corrected chi connectivity index (χ3v) is 3.18. The minimum atomic E-state index is 0.568. The van der Waals surface area contributed by atoms with Crippen molar-refractivity contribution in [3.05, 3.63) is 46.7 Å². The molecule has 0 unspecified atom stereocenters. The number of halogens is 1. The summed E-state index contributed by atoms with van der Waals surface area (Å²) in [7, 11) is 1.92. The Morgan fingerprint density at radius 2 is 2.16 bits per heavy atom. The first-order valence-electron chi connectivity index (χ1n) is 6.25. The minimum absolute atomic E-state index is 0.568. The van der Waals surface area contributed by atoms with Gasteiger partial charge in [0, 0.05) is 18.3 Å². The molecule has 0 bridgehead atoms. The molecule has 0 aliphatic heterocycles. The number of benzene rings is 1. The van der Waals surface area contributed by atoms with Gasteiger partial charge < -0.3 is 10.1 Å². The predicted molar refractivity (Wildman–Crippen MR) is 76.7 cm³/mol. The summed E-state index contributed by atoms with van der Waals surface area (Å²) in [5, 5.41) is 8.11. The van der Waals surface area contributed by atoms with Crippen LogP contribution in [-0.2, 0) is 13.1 Å². The number of aromatic nitrogens is 2. The molecule has 0 aliphatic carbocycles. The highest BCUT2D eigenvalue weighted by Gasteiger charge is 2.04. The summed E-state index contributed by atoms with van der Waals surface area (Å²) in [6, 6.07) is 8.02. The van der Waals surface area contributed by atoms with E-state index in [2.05, 4.69) is 16.5 Å². The number of aryl methyl sites for hydroxylation is 1. The fourth-order valence-electron chi connectivity index (χ4n) is 1.84. The maximum atomic E-state index is 5.96. The summed E-state index contributed by atoms with van der Waals surface area (Å²) in [6.07, 6.45) is 1.82. The van der Waals surface area contributed by atoms with Crippen molar-refractivity contribution in [2.45, 2.75) is 20.0 Å². The molecular formula is C14H18ClN3O. The molecule has 2 aromatic rings. The van der Waals surface area contributed by atoms with E-state index in [0.29, 0.717) is 18.2 Å². The van der Waals surface area contributed by atoms with E-state index in [9.17, 15) is 0 Å². The molecule has 0 radical (unpaired) electrons. The molecule has 102 valence electrons. The van der Waals surface area contributed by atoms with Crippen LogP contribution in [-0.4, -0.2) is 23.4 Å². The van der Waals surface area contributed by atoms with Crippen LogP contribution in [0.15, 0.2) is 30.5 Å². The predicted octanol–water partition coefficient (Wildman–Crippen LogP) is 2.64. The maximum absolute atomic E-state index is 5.96. The molecule has 1 heterocycles. The fourth-order valence-corrected chi connectivity index (χ4v) is 1.99. The van der Waals surface area contributed by atoms with Gasteiger partial charge in [-0.05, 0) is 20.0 Å². The minimum Gasteiger partial charge on any atom is -0.491 e. The number of ether oxygens (including phenoxy) is 1. The van der Waals surface area contributed by atoms with Crippen molar-refractivity contribution < 1.29 is 4.74 Å². The lowest BCUT2D eigenvalue weighted by atomic mass is 10.2. The van der Waals surface area contributed by atoms with Crippen LogP contribution in [0, 0.1) is 6.92 Å². The van der Waals surface area contributed by atoms with Crippen LogP contribution in [0.3, 0.4) is 0 Å².